The number of carbonyl (C=O) groups is 1. The molecule has 0 bridgehead atoms. The first-order chi connectivity index (χ1) is 11.2. The number of aromatic hydroxyl groups is 1. The lowest BCUT2D eigenvalue weighted by molar-refractivity contribution is 0.0724. The predicted octanol–water partition coefficient (Wildman–Crippen LogP) is 3.69. The Morgan fingerprint density at radius 3 is 2.35 bits per heavy atom. The van der Waals surface area contributed by atoms with Crippen LogP contribution in [0.4, 0.5) is 0 Å². The van der Waals surface area contributed by atoms with Crippen LogP contribution in [-0.4, -0.2) is 36.1 Å². The molecule has 0 spiro atoms. The summed E-state index contributed by atoms with van der Waals surface area (Å²) in [4.78, 5) is 14.4. The van der Waals surface area contributed by atoms with Gasteiger partial charge in [0.2, 0.25) is 0 Å². The molecule has 0 aliphatic carbocycles. The standard InChI is InChI=1S/C19H21NO3/c1-23-18-12-16(11-17(21)13-18)14-5-7-15(8-6-14)19(22)20-9-3-2-4-10-20/h5-8,11-13,21H,2-4,9-10H2,1H3. The molecule has 1 aliphatic rings. The second-order valence-corrected chi connectivity index (χ2v) is 5.85. The molecule has 2 aromatic rings. The number of carbonyl (C=O) groups excluding carboxylic acids is 1. The summed E-state index contributed by atoms with van der Waals surface area (Å²) in [6, 6.07) is 12.6. The average Bonchev–Trinajstić information content (AvgIpc) is 2.61. The minimum atomic E-state index is 0.102. The van der Waals surface area contributed by atoms with E-state index >= 15 is 0 Å². The van der Waals surface area contributed by atoms with Crippen molar-refractivity contribution in [2.75, 3.05) is 20.2 Å². The Morgan fingerprint density at radius 1 is 1.00 bits per heavy atom. The van der Waals surface area contributed by atoms with Crippen LogP contribution in [0.1, 0.15) is 29.6 Å². The second-order valence-electron chi connectivity index (χ2n) is 5.85. The summed E-state index contributed by atoms with van der Waals surface area (Å²) in [6.45, 7) is 1.70. The molecule has 0 saturated carbocycles. The van der Waals surface area contributed by atoms with Crippen LogP contribution in [0.2, 0.25) is 0 Å². The fourth-order valence-electron chi connectivity index (χ4n) is 2.95. The van der Waals surface area contributed by atoms with Crippen molar-refractivity contribution < 1.29 is 14.6 Å². The number of phenols is 1. The van der Waals surface area contributed by atoms with Crippen molar-refractivity contribution >= 4 is 5.91 Å². The van der Waals surface area contributed by atoms with E-state index in [2.05, 4.69) is 0 Å². The van der Waals surface area contributed by atoms with Gasteiger partial charge in [0.1, 0.15) is 11.5 Å². The van der Waals surface area contributed by atoms with Crippen LogP contribution in [0.3, 0.4) is 0 Å². The first-order valence-corrected chi connectivity index (χ1v) is 7.95. The highest BCUT2D eigenvalue weighted by Crippen LogP contribution is 2.29. The van der Waals surface area contributed by atoms with Crippen molar-refractivity contribution in [2.45, 2.75) is 19.3 Å². The molecular formula is C19H21NO3. The molecule has 1 heterocycles. The van der Waals surface area contributed by atoms with Crippen LogP contribution < -0.4 is 4.74 Å². The molecule has 23 heavy (non-hydrogen) atoms. The summed E-state index contributed by atoms with van der Waals surface area (Å²) in [5.74, 6) is 0.867. The molecule has 4 heteroatoms. The van der Waals surface area contributed by atoms with Crippen molar-refractivity contribution in [3.63, 3.8) is 0 Å². The molecule has 0 radical (unpaired) electrons. The zero-order chi connectivity index (χ0) is 16.2. The summed E-state index contributed by atoms with van der Waals surface area (Å²) in [5, 5.41) is 9.76. The molecule has 3 rings (SSSR count). The third kappa shape index (κ3) is 3.47. The molecule has 1 amide bonds. The Hall–Kier alpha value is -2.49. The van der Waals surface area contributed by atoms with E-state index in [1.807, 2.05) is 35.2 Å². The number of nitrogens with zero attached hydrogens (tertiary/aromatic N) is 1. The van der Waals surface area contributed by atoms with E-state index in [0.29, 0.717) is 11.3 Å². The molecule has 2 aromatic carbocycles. The molecule has 1 saturated heterocycles. The maximum absolute atomic E-state index is 12.5. The molecular weight excluding hydrogens is 290 g/mol. The van der Waals surface area contributed by atoms with Gasteiger partial charge in [0.15, 0.2) is 0 Å². The summed E-state index contributed by atoms with van der Waals surface area (Å²) >= 11 is 0. The number of likely N-dealkylation sites (tertiary alicyclic amines) is 1. The first kappa shape index (κ1) is 15.4. The number of piperidine rings is 1. The van der Waals surface area contributed by atoms with E-state index < -0.39 is 0 Å². The van der Waals surface area contributed by atoms with Gasteiger partial charge in [-0.2, -0.15) is 0 Å². The van der Waals surface area contributed by atoms with Gasteiger partial charge in [0, 0.05) is 24.7 Å². The topological polar surface area (TPSA) is 49.8 Å². The van der Waals surface area contributed by atoms with Crippen LogP contribution in [0.15, 0.2) is 42.5 Å². The van der Waals surface area contributed by atoms with E-state index in [-0.39, 0.29) is 11.7 Å². The Kier molecular flexibility index (Phi) is 4.51. The molecule has 1 aliphatic heterocycles. The lowest BCUT2D eigenvalue weighted by atomic mass is 10.0. The molecule has 0 unspecified atom stereocenters. The number of amides is 1. The van der Waals surface area contributed by atoms with Gasteiger partial charge < -0.3 is 14.7 Å². The first-order valence-electron chi connectivity index (χ1n) is 7.95. The van der Waals surface area contributed by atoms with E-state index in [9.17, 15) is 9.90 Å². The van der Waals surface area contributed by atoms with Crippen LogP contribution in [0, 0.1) is 0 Å². The SMILES string of the molecule is COc1cc(O)cc(-c2ccc(C(=O)N3CCCCC3)cc2)c1. The Balaban J connectivity index is 1.81. The normalized spacial score (nSPS) is 14.6. The van der Waals surface area contributed by atoms with Crippen molar-refractivity contribution in [1.82, 2.24) is 4.90 Å². The molecule has 4 nitrogen and oxygen atoms in total. The number of hydrogen-bond acceptors (Lipinski definition) is 3. The van der Waals surface area contributed by atoms with Gasteiger partial charge in [-0.15, -0.1) is 0 Å². The third-order valence-corrected chi connectivity index (χ3v) is 4.24. The fourth-order valence-corrected chi connectivity index (χ4v) is 2.95. The maximum Gasteiger partial charge on any atom is 0.253 e. The van der Waals surface area contributed by atoms with Gasteiger partial charge in [-0.1, -0.05) is 12.1 Å². The highest BCUT2D eigenvalue weighted by molar-refractivity contribution is 5.94. The zero-order valence-electron chi connectivity index (χ0n) is 13.3. The van der Waals surface area contributed by atoms with Gasteiger partial charge >= 0.3 is 0 Å². The van der Waals surface area contributed by atoms with Crippen LogP contribution in [0.5, 0.6) is 11.5 Å². The number of hydrogen-bond donors (Lipinski definition) is 1. The highest BCUT2D eigenvalue weighted by Gasteiger charge is 2.18. The summed E-state index contributed by atoms with van der Waals surface area (Å²) in [7, 11) is 1.57. The largest absolute Gasteiger partial charge is 0.508 e. The lowest BCUT2D eigenvalue weighted by Gasteiger charge is -2.26. The van der Waals surface area contributed by atoms with Crippen molar-refractivity contribution in [1.29, 1.82) is 0 Å². The summed E-state index contributed by atoms with van der Waals surface area (Å²) < 4.78 is 5.18. The van der Waals surface area contributed by atoms with E-state index in [1.165, 1.54) is 6.42 Å². The maximum atomic E-state index is 12.5. The predicted molar refractivity (Wildman–Crippen MR) is 89.8 cm³/mol. The lowest BCUT2D eigenvalue weighted by Crippen LogP contribution is -2.35. The number of rotatable bonds is 3. The molecule has 0 aromatic heterocycles. The van der Waals surface area contributed by atoms with Crippen LogP contribution >= 0.6 is 0 Å². The number of benzene rings is 2. The number of ether oxygens (including phenoxy) is 1. The van der Waals surface area contributed by atoms with Crippen LogP contribution in [-0.2, 0) is 0 Å². The third-order valence-electron chi connectivity index (χ3n) is 4.24. The minimum Gasteiger partial charge on any atom is -0.508 e. The summed E-state index contributed by atoms with van der Waals surface area (Å²) in [5.41, 5.74) is 2.51. The molecule has 0 atom stereocenters. The van der Waals surface area contributed by atoms with Gasteiger partial charge in [-0.25, -0.2) is 0 Å². The van der Waals surface area contributed by atoms with E-state index in [0.717, 1.165) is 37.1 Å². The van der Waals surface area contributed by atoms with Gasteiger partial charge in [-0.05, 0) is 54.7 Å². The van der Waals surface area contributed by atoms with Gasteiger partial charge in [0.05, 0.1) is 7.11 Å². The number of methoxy groups -OCH3 is 1. The van der Waals surface area contributed by atoms with Crippen molar-refractivity contribution in [3.8, 4) is 22.6 Å². The van der Waals surface area contributed by atoms with E-state index in [1.54, 1.807) is 19.2 Å². The van der Waals surface area contributed by atoms with Crippen molar-refractivity contribution in [2.24, 2.45) is 0 Å². The zero-order valence-corrected chi connectivity index (χ0v) is 13.3. The van der Waals surface area contributed by atoms with Gasteiger partial charge in [0.25, 0.3) is 5.91 Å². The van der Waals surface area contributed by atoms with Crippen LogP contribution in [0.25, 0.3) is 11.1 Å². The monoisotopic (exact) mass is 311 g/mol. The highest BCUT2D eigenvalue weighted by atomic mass is 16.5. The van der Waals surface area contributed by atoms with Crippen molar-refractivity contribution in [3.05, 3.63) is 48.0 Å². The second kappa shape index (κ2) is 6.73. The smallest absolute Gasteiger partial charge is 0.253 e. The average molecular weight is 311 g/mol. The molecule has 120 valence electrons. The molecule has 1 N–H and O–H groups in total. The fraction of sp³-hybridized carbons (Fsp3) is 0.316. The Labute approximate surface area is 136 Å². The molecule has 1 fully saturated rings. The number of phenolic OH excluding ortho intramolecular Hbond substituents is 1. The quantitative estimate of drug-likeness (QED) is 0.940. The Morgan fingerprint density at radius 2 is 1.70 bits per heavy atom. The summed E-state index contributed by atoms with van der Waals surface area (Å²) in [6.07, 6.45) is 3.39. The minimum absolute atomic E-state index is 0.102. The van der Waals surface area contributed by atoms with Gasteiger partial charge in [-0.3, -0.25) is 4.79 Å². The Bertz CT molecular complexity index is 688. The van der Waals surface area contributed by atoms with E-state index in [4.69, 9.17) is 4.74 Å².